The maximum Gasteiger partial charge on any atom is 0.407 e. The molecule has 1 amide bonds. The monoisotopic (exact) mass is 308 g/mol. The van der Waals surface area contributed by atoms with Gasteiger partial charge in [0.2, 0.25) is 0 Å². The number of alkyl halides is 1. The molecular formula is C17H25FN2O2. The fourth-order valence-corrected chi connectivity index (χ4v) is 2.61. The van der Waals surface area contributed by atoms with Crippen LogP contribution < -0.4 is 5.32 Å². The van der Waals surface area contributed by atoms with Crippen LogP contribution in [-0.4, -0.2) is 42.4 Å². The molecule has 1 aliphatic heterocycles. The Bertz CT molecular complexity index is 487. The predicted molar refractivity (Wildman–Crippen MR) is 84.3 cm³/mol. The van der Waals surface area contributed by atoms with Crippen molar-refractivity contribution in [3.05, 3.63) is 35.9 Å². The molecule has 4 nitrogen and oxygen atoms in total. The van der Waals surface area contributed by atoms with E-state index in [1.165, 1.54) is 5.56 Å². The van der Waals surface area contributed by atoms with Crippen LogP contribution in [0.15, 0.2) is 30.3 Å². The molecule has 2 rings (SSSR count). The van der Waals surface area contributed by atoms with Crippen molar-refractivity contribution >= 4 is 6.09 Å². The molecule has 1 saturated heterocycles. The Labute approximate surface area is 131 Å². The van der Waals surface area contributed by atoms with E-state index in [2.05, 4.69) is 10.2 Å². The molecule has 1 aromatic carbocycles. The number of hydrogen-bond acceptors (Lipinski definition) is 3. The number of halogens is 1. The van der Waals surface area contributed by atoms with E-state index in [-0.39, 0.29) is 5.92 Å². The minimum absolute atomic E-state index is 0.184. The van der Waals surface area contributed by atoms with Gasteiger partial charge < -0.3 is 10.1 Å². The zero-order valence-electron chi connectivity index (χ0n) is 13.5. The minimum atomic E-state index is -0.918. The van der Waals surface area contributed by atoms with Gasteiger partial charge in [-0.3, -0.25) is 4.90 Å². The molecule has 22 heavy (non-hydrogen) atoms. The maximum atomic E-state index is 14.1. The molecule has 1 heterocycles. The lowest BCUT2D eigenvalue weighted by molar-refractivity contribution is 0.0515. The smallest absolute Gasteiger partial charge is 0.407 e. The number of benzene rings is 1. The summed E-state index contributed by atoms with van der Waals surface area (Å²) in [7, 11) is 0. The second-order valence-corrected chi connectivity index (χ2v) is 6.84. The molecule has 1 aromatic rings. The average Bonchev–Trinajstić information content (AvgIpc) is 2.76. The van der Waals surface area contributed by atoms with Crippen molar-refractivity contribution in [3.8, 4) is 0 Å². The zero-order valence-corrected chi connectivity index (χ0v) is 13.5. The Morgan fingerprint density at radius 2 is 2.00 bits per heavy atom. The van der Waals surface area contributed by atoms with Crippen LogP contribution >= 0.6 is 0 Å². The highest BCUT2D eigenvalue weighted by atomic mass is 19.1. The highest BCUT2D eigenvalue weighted by Crippen LogP contribution is 2.21. The molecule has 0 unspecified atom stereocenters. The van der Waals surface area contributed by atoms with Gasteiger partial charge in [-0.2, -0.15) is 0 Å². The Balaban J connectivity index is 1.78. The van der Waals surface area contributed by atoms with Crippen LogP contribution in [0.5, 0.6) is 0 Å². The summed E-state index contributed by atoms with van der Waals surface area (Å²) in [5, 5.41) is 2.67. The Morgan fingerprint density at radius 3 is 2.64 bits per heavy atom. The molecule has 1 fully saturated rings. The molecule has 0 spiro atoms. The van der Waals surface area contributed by atoms with E-state index >= 15 is 0 Å². The summed E-state index contributed by atoms with van der Waals surface area (Å²) in [6, 6.07) is 10.0. The molecule has 0 aliphatic carbocycles. The quantitative estimate of drug-likeness (QED) is 0.930. The number of amides is 1. The summed E-state index contributed by atoms with van der Waals surface area (Å²) in [6.07, 6.45) is -1.40. The third kappa shape index (κ3) is 5.30. The first-order chi connectivity index (χ1) is 10.3. The standard InChI is InChI=1S/C17H25FN2O2/c1-17(2,3)22-16(21)19-9-14-11-20(12-15(14)18)10-13-7-5-4-6-8-13/h4-8,14-15H,9-12H2,1-3H3,(H,19,21)/t14-,15-/m1/s1. The number of alkyl carbamates (subject to hydrolysis) is 1. The molecule has 1 aliphatic rings. The molecule has 2 atom stereocenters. The molecule has 0 radical (unpaired) electrons. The van der Waals surface area contributed by atoms with Gasteiger partial charge in [-0.1, -0.05) is 30.3 Å². The number of likely N-dealkylation sites (tertiary alicyclic amines) is 1. The SMILES string of the molecule is CC(C)(C)OC(=O)NC[C@@H]1CN(Cc2ccccc2)C[C@H]1F. The van der Waals surface area contributed by atoms with E-state index < -0.39 is 17.9 Å². The van der Waals surface area contributed by atoms with Gasteiger partial charge in [-0.25, -0.2) is 9.18 Å². The van der Waals surface area contributed by atoms with Crippen molar-refractivity contribution in [2.75, 3.05) is 19.6 Å². The number of rotatable bonds is 4. The fourth-order valence-electron chi connectivity index (χ4n) is 2.61. The lowest BCUT2D eigenvalue weighted by atomic mass is 10.1. The van der Waals surface area contributed by atoms with Crippen molar-refractivity contribution in [1.82, 2.24) is 10.2 Å². The third-order valence-electron chi connectivity index (χ3n) is 3.59. The molecule has 122 valence electrons. The van der Waals surface area contributed by atoms with Crippen molar-refractivity contribution < 1.29 is 13.9 Å². The van der Waals surface area contributed by atoms with Gasteiger partial charge in [-0.05, 0) is 26.3 Å². The second-order valence-electron chi connectivity index (χ2n) is 6.84. The number of ether oxygens (including phenoxy) is 1. The van der Waals surface area contributed by atoms with E-state index in [1.807, 2.05) is 51.1 Å². The van der Waals surface area contributed by atoms with Gasteiger partial charge >= 0.3 is 6.09 Å². The lowest BCUT2D eigenvalue weighted by Gasteiger charge is -2.21. The van der Waals surface area contributed by atoms with Gasteiger partial charge in [-0.15, -0.1) is 0 Å². The van der Waals surface area contributed by atoms with Crippen molar-refractivity contribution in [3.63, 3.8) is 0 Å². The summed E-state index contributed by atoms with van der Waals surface area (Å²) < 4.78 is 19.3. The molecule has 0 saturated carbocycles. The Hall–Kier alpha value is -1.62. The van der Waals surface area contributed by atoms with Crippen LogP contribution in [-0.2, 0) is 11.3 Å². The van der Waals surface area contributed by atoms with Gasteiger partial charge in [0, 0.05) is 32.1 Å². The number of carbonyl (C=O) groups is 1. The summed E-state index contributed by atoms with van der Waals surface area (Å²) in [5.74, 6) is -0.184. The molecular weight excluding hydrogens is 283 g/mol. The van der Waals surface area contributed by atoms with Gasteiger partial charge in [0.1, 0.15) is 11.8 Å². The fraction of sp³-hybridized carbons (Fsp3) is 0.588. The lowest BCUT2D eigenvalue weighted by Crippen LogP contribution is -2.37. The van der Waals surface area contributed by atoms with Crippen LogP contribution in [0.4, 0.5) is 9.18 Å². The molecule has 0 aromatic heterocycles. The van der Waals surface area contributed by atoms with Gasteiger partial charge in [0.05, 0.1) is 0 Å². The highest BCUT2D eigenvalue weighted by Gasteiger charge is 2.33. The number of hydrogen-bond donors (Lipinski definition) is 1. The summed E-state index contributed by atoms with van der Waals surface area (Å²) >= 11 is 0. The molecule has 5 heteroatoms. The van der Waals surface area contributed by atoms with Gasteiger partial charge in [0.15, 0.2) is 0 Å². The van der Waals surface area contributed by atoms with Crippen LogP contribution in [0.25, 0.3) is 0 Å². The van der Waals surface area contributed by atoms with E-state index in [0.717, 1.165) is 6.54 Å². The Morgan fingerprint density at radius 1 is 1.32 bits per heavy atom. The normalized spacial score (nSPS) is 22.5. The highest BCUT2D eigenvalue weighted by molar-refractivity contribution is 5.67. The van der Waals surface area contributed by atoms with Crippen LogP contribution in [0, 0.1) is 5.92 Å². The largest absolute Gasteiger partial charge is 0.444 e. The van der Waals surface area contributed by atoms with E-state index in [9.17, 15) is 9.18 Å². The first-order valence-corrected chi connectivity index (χ1v) is 7.71. The topological polar surface area (TPSA) is 41.6 Å². The van der Waals surface area contributed by atoms with E-state index in [0.29, 0.717) is 19.6 Å². The summed E-state index contributed by atoms with van der Waals surface area (Å²) in [4.78, 5) is 13.7. The predicted octanol–water partition coefficient (Wildman–Crippen LogP) is 2.98. The summed E-state index contributed by atoms with van der Waals surface area (Å²) in [5.41, 5.74) is 0.643. The second kappa shape index (κ2) is 7.09. The van der Waals surface area contributed by atoms with Gasteiger partial charge in [0.25, 0.3) is 0 Å². The van der Waals surface area contributed by atoms with Crippen molar-refractivity contribution in [2.24, 2.45) is 5.92 Å². The van der Waals surface area contributed by atoms with Crippen molar-refractivity contribution in [1.29, 1.82) is 0 Å². The first kappa shape index (κ1) is 16.7. The summed E-state index contributed by atoms with van der Waals surface area (Å²) in [6.45, 7) is 7.53. The average molecular weight is 308 g/mol. The van der Waals surface area contributed by atoms with Crippen molar-refractivity contribution in [2.45, 2.75) is 39.1 Å². The molecule has 1 N–H and O–H groups in total. The minimum Gasteiger partial charge on any atom is -0.444 e. The van der Waals surface area contributed by atoms with E-state index in [4.69, 9.17) is 4.74 Å². The van der Waals surface area contributed by atoms with Crippen LogP contribution in [0.3, 0.4) is 0 Å². The Kier molecular flexibility index (Phi) is 5.40. The van der Waals surface area contributed by atoms with Crippen LogP contribution in [0.1, 0.15) is 26.3 Å². The number of carbonyl (C=O) groups excluding carboxylic acids is 1. The van der Waals surface area contributed by atoms with Crippen LogP contribution in [0.2, 0.25) is 0 Å². The first-order valence-electron chi connectivity index (χ1n) is 7.71. The zero-order chi connectivity index (χ0) is 16.2. The third-order valence-corrected chi connectivity index (χ3v) is 3.59. The number of nitrogens with zero attached hydrogens (tertiary/aromatic N) is 1. The number of nitrogens with one attached hydrogen (secondary N) is 1. The maximum absolute atomic E-state index is 14.1. The van der Waals surface area contributed by atoms with E-state index in [1.54, 1.807) is 0 Å². The molecule has 0 bridgehead atoms.